The van der Waals surface area contributed by atoms with Crippen molar-refractivity contribution in [3.63, 3.8) is 0 Å². The Morgan fingerprint density at radius 2 is 2.39 bits per heavy atom. The summed E-state index contributed by atoms with van der Waals surface area (Å²) in [5.41, 5.74) is 1.95. The van der Waals surface area contributed by atoms with Crippen LogP contribution in [0.1, 0.15) is 18.4 Å². The zero-order valence-electron chi connectivity index (χ0n) is 10.3. The molecule has 1 atom stereocenters. The van der Waals surface area contributed by atoms with Gasteiger partial charge in [0.2, 0.25) is 0 Å². The number of hydrogen-bond acceptors (Lipinski definition) is 2. The lowest BCUT2D eigenvalue weighted by Gasteiger charge is -2.14. The van der Waals surface area contributed by atoms with Crippen molar-refractivity contribution in [3.8, 4) is 0 Å². The van der Waals surface area contributed by atoms with Crippen molar-refractivity contribution in [1.29, 1.82) is 0 Å². The molecule has 1 aliphatic heterocycles. The van der Waals surface area contributed by atoms with Gasteiger partial charge in [-0.3, -0.25) is 0 Å². The van der Waals surface area contributed by atoms with Crippen molar-refractivity contribution in [2.75, 3.05) is 18.5 Å². The molecule has 1 aromatic carbocycles. The van der Waals surface area contributed by atoms with Crippen LogP contribution in [-0.4, -0.2) is 24.4 Å². The molecule has 5 heteroatoms. The smallest absolute Gasteiger partial charge is 0.170 e. The summed E-state index contributed by atoms with van der Waals surface area (Å²) in [6, 6.07) is 5.83. The van der Waals surface area contributed by atoms with Gasteiger partial charge in [-0.1, -0.05) is 17.7 Å². The lowest BCUT2D eigenvalue weighted by molar-refractivity contribution is 0.114. The Hall–Kier alpha value is -0.840. The Balaban J connectivity index is 1.82. The first-order chi connectivity index (χ1) is 8.65. The molecule has 18 heavy (non-hydrogen) atoms. The quantitative estimate of drug-likeness (QED) is 0.836. The van der Waals surface area contributed by atoms with Crippen LogP contribution in [0.25, 0.3) is 0 Å². The predicted molar refractivity (Wildman–Crippen MR) is 79.4 cm³/mol. The number of hydrogen-bond donors (Lipinski definition) is 2. The van der Waals surface area contributed by atoms with Crippen LogP contribution in [-0.2, 0) is 4.74 Å². The van der Waals surface area contributed by atoms with Crippen LogP contribution < -0.4 is 10.6 Å². The van der Waals surface area contributed by atoms with E-state index < -0.39 is 0 Å². The number of aryl methyl sites for hydroxylation is 1. The number of thiocarbonyl (C=S) groups is 1. The van der Waals surface area contributed by atoms with Gasteiger partial charge in [0.15, 0.2) is 5.11 Å². The molecule has 0 amide bonds. The second-order valence-electron chi connectivity index (χ2n) is 4.45. The maximum absolute atomic E-state index is 6.13. The Bertz CT molecular complexity index is 433. The normalized spacial score (nSPS) is 18.7. The first kappa shape index (κ1) is 13.6. The molecule has 0 aromatic heterocycles. The minimum Gasteiger partial charge on any atom is -0.376 e. The van der Waals surface area contributed by atoms with Gasteiger partial charge in [0, 0.05) is 13.2 Å². The zero-order chi connectivity index (χ0) is 13.0. The fourth-order valence-corrected chi connectivity index (χ4v) is 2.38. The maximum Gasteiger partial charge on any atom is 0.170 e. The van der Waals surface area contributed by atoms with E-state index in [-0.39, 0.29) is 6.10 Å². The molecule has 0 radical (unpaired) electrons. The number of benzene rings is 1. The number of ether oxygens (including phenoxy) is 1. The summed E-state index contributed by atoms with van der Waals surface area (Å²) < 4.78 is 5.52. The first-order valence-electron chi connectivity index (χ1n) is 6.08. The summed E-state index contributed by atoms with van der Waals surface area (Å²) in [4.78, 5) is 0. The Labute approximate surface area is 118 Å². The number of halogens is 1. The van der Waals surface area contributed by atoms with E-state index in [4.69, 9.17) is 28.6 Å². The average Bonchev–Trinajstić information content (AvgIpc) is 2.83. The number of nitrogens with one attached hydrogen (secondary N) is 2. The molecule has 0 unspecified atom stereocenters. The minimum atomic E-state index is 0.276. The molecule has 0 spiro atoms. The third-order valence-corrected chi connectivity index (χ3v) is 3.45. The molecule has 1 saturated heterocycles. The van der Waals surface area contributed by atoms with Crippen LogP contribution >= 0.6 is 23.8 Å². The molecule has 1 heterocycles. The molecule has 1 fully saturated rings. The standard InChI is InChI=1S/C13H17ClN2OS/c1-9-4-5-12(11(14)7-9)16-13(18)15-8-10-3-2-6-17-10/h4-5,7,10H,2-3,6,8H2,1H3,(H2,15,16,18)/t10-/m1/s1. The van der Waals surface area contributed by atoms with Crippen LogP contribution in [0.15, 0.2) is 18.2 Å². The second-order valence-corrected chi connectivity index (χ2v) is 5.27. The van der Waals surface area contributed by atoms with Gasteiger partial charge < -0.3 is 15.4 Å². The lowest BCUT2D eigenvalue weighted by Crippen LogP contribution is -2.34. The van der Waals surface area contributed by atoms with Crippen molar-refractivity contribution < 1.29 is 4.74 Å². The fourth-order valence-electron chi connectivity index (χ4n) is 1.90. The van der Waals surface area contributed by atoms with Gasteiger partial charge in [0.1, 0.15) is 0 Å². The molecule has 2 N–H and O–H groups in total. The first-order valence-corrected chi connectivity index (χ1v) is 6.86. The van der Waals surface area contributed by atoms with Crippen molar-refractivity contribution in [2.24, 2.45) is 0 Å². The molecule has 1 aliphatic rings. The summed E-state index contributed by atoms with van der Waals surface area (Å²) >= 11 is 11.4. The molecule has 0 bridgehead atoms. The van der Waals surface area contributed by atoms with Gasteiger partial charge in [-0.25, -0.2) is 0 Å². The van der Waals surface area contributed by atoms with E-state index in [2.05, 4.69) is 10.6 Å². The highest BCUT2D eigenvalue weighted by Gasteiger charge is 2.15. The molecule has 98 valence electrons. The van der Waals surface area contributed by atoms with Crippen LogP contribution in [0, 0.1) is 6.92 Å². The molecule has 1 aromatic rings. The Morgan fingerprint density at radius 3 is 3.06 bits per heavy atom. The van der Waals surface area contributed by atoms with Gasteiger partial charge in [0.05, 0.1) is 16.8 Å². The Kier molecular flexibility index (Phi) is 4.80. The summed E-state index contributed by atoms with van der Waals surface area (Å²) in [6.07, 6.45) is 2.51. The third kappa shape index (κ3) is 3.83. The maximum atomic E-state index is 6.13. The van der Waals surface area contributed by atoms with Crippen LogP contribution in [0.2, 0.25) is 5.02 Å². The monoisotopic (exact) mass is 284 g/mol. The summed E-state index contributed by atoms with van der Waals surface area (Å²) in [7, 11) is 0. The predicted octanol–water partition coefficient (Wildman–Crippen LogP) is 3.11. The SMILES string of the molecule is Cc1ccc(NC(=S)NC[C@H]2CCCO2)c(Cl)c1. The van der Waals surface area contributed by atoms with Gasteiger partial charge in [-0.15, -0.1) is 0 Å². The van der Waals surface area contributed by atoms with E-state index in [0.29, 0.717) is 10.1 Å². The fraction of sp³-hybridized carbons (Fsp3) is 0.462. The Morgan fingerprint density at radius 1 is 1.56 bits per heavy atom. The topological polar surface area (TPSA) is 33.3 Å². The number of rotatable bonds is 3. The lowest BCUT2D eigenvalue weighted by atomic mass is 10.2. The molecule has 0 saturated carbocycles. The highest BCUT2D eigenvalue weighted by molar-refractivity contribution is 7.80. The summed E-state index contributed by atoms with van der Waals surface area (Å²) in [6.45, 7) is 3.61. The largest absolute Gasteiger partial charge is 0.376 e. The van der Waals surface area contributed by atoms with E-state index in [0.717, 1.165) is 37.2 Å². The van der Waals surface area contributed by atoms with E-state index in [1.165, 1.54) is 0 Å². The van der Waals surface area contributed by atoms with E-state index in [9.17, 15) is 0 Å². The van der Waals surface area contributed by atoms with Crippen LogP contribution in [0.5, 0.6) is 0 Å². The van der Waals surface area contributed by atoms with Crippen molar-refractivity contribution in [2.45, 2.75) is 25.9 Å². The van der Waals surface area contributed by atoms with Gasteiger partial charge in [-0.05, 0) is 49.7 Å². The van der Waals surface area contributed by atoms with E-state index in [1.54, 1.807) is 0 Å². The van der Waals surface area contributed by atoms with Crippen LogP contribution in [0.4, 0.5) is 5.69 Å². The highest BCUT2D eigenvalue weighted by Crippen LogP contribution is 2.22. The van der Waals surface area contributed by atoms with E-state index in [1.807, 2.05) is 25.1 Å². The summed E-state index contributed by atoms with van der Waals surface area (Å²) in [5.74, 6) is 0. The molecule has 0 aliphatic carbocycles. The third-order valence-electron chi connectivity index (χ3n) is 2.89. The average molecular weight is 285 g/mol. The summed E-state index contributed by atoms with van der Waals surface area (Å²) in [5, 5.41) is 7.50. The van der Waals surface area contributed by atoms with Gasteiger partial charge in [-0.2, -0.15) is 0 Å². The van der Waals surface area contributed by atoms with Crippen molar-refractivity contribution in [3.05, 3.63) is 28.8 Å². The van der Waals surface area contributed by atoms with Crippen molar-refractivity contribution in [1.82, 2.24) is 5.32 Å². The zero-order valence-corrected chi connectivity index (χ0v) is 11.9. The number of anilines is 1. The van der Waals surface area contributed by atoms with Crippen molar-refractivity contribution >= 4 is 34.6 Å². The molecular weight excluding hydrogens is 268 g/mol. The molecular formula is C13H17ClN2OS. The van der Waals surface area contributed by atoms with Gasteiger partial charge in [0.25, 0.3) is 0 Å². The van der Waals surface area contributed by atoms with Gasteiger partial charge >= 0.3 is 0 Å². The van der Waals surface area contributed by atoms with Crippen LogP contribution in [0.3, 0.4) is 0 Å². The molecule has 2 rings (SSSR count). The highest BCUT2D eigenvalue weighted by atomic mass is 35.5. The minimum absolute atomic E-state index is 0.276. The molecule has 3 nitrogen and oxygen atoms in total. The van der Waals surface area contributed by atoms with E-state index >= 15 is 0 Å². The second kappa shape index (κ2) is 6.36.